The van der Waals surface area contributed by atoms with Gasteiger partial charge in [0.25, 0.3) is 15.6 Å². The summed E-state index contributed by atoms with van der Waals surface area (Å²) >= 11 is 0. The number of hydrogen-bond donors (Lipinski definition) is 0. The van der Waals surface area contributed by atoms with Crippen molar-refractivity contribution in [1.29, 1.82) is 0 Å². The van der Waals surface area contributed by atoms with Crippen LogP contribution in [0.2, 0.25) is 0 Å². The number of aromatic nitrogens is 1. The van der Waals surface area contributed by atoms with Crippen LogP contribution >= 0.6 is 0 Å². The second kappa shape index (κ2) is 10.3. The van der Waals surface area contributed by atoms with Crippen LogP contribution in [0.3, 0.4) is 0 Å². The SMILES string of the molecule is Cc1ccc(S(=O)(=O)N(CC#Cc2ccc(OC(C)C)cc2)c2ccc3c(ccc(=O)n3C)c2)cc1. The summed E-state index contributed by atoms with van der Waals surface area (Å²) in [5.41, 5.74) is 2.78. The first-order chi connectivity index (χ1) is 17.1. The topological polar surface area (TPSA) is 68.6 Å². The number of pyridine rings is 1. The van der Waals surface area contributed by atoms with Gasteiger partial charge in [0, 0.05) is 24.1 Å². The molecule has 4 rings (SSSR count). The molecule has 0 spiro atoms. The Morgan fingerprint density at radius 3 is 2.31 bits per heavy atom. The molecule has 0 aliphatic rings. The molecule has 36 heavy (non-hydrogen) atoms. The quantitative estimate of drug-likeness (QED) is 0.354. The molecule has 0 amide bonds. The molecular formula is C29H28N2O4S. The van der Waals surface area contributed by atoms with E-state index in [1.807, 2.05) is 45.0 Å². The molecule has 0 aliphatic carbocycles. The Labute approximate surface area is 211 Å². The van der Waals surface area contributed by atoms with Crippen molar-refractivity contribution in [2.24, 2.45) is 7.05 Å². The summed E-state index contributed by atoms with van der Waals surface area (Å²) in [5.74, 6) is 6.83. The standard InChI is InChI=1S/C29H28N2O4S/c1-21(2)35-26-13-9-23(10-14-26)6-5-19-31(36(33,34)27-15-7-22(3)8-16-27)25-12-17-28-24(20-25)11-18-29(32)30(28)4/h7-18,20-21H,19H2,1-4H3. The van der Waals surface area contributed by atoms with Gasteiger partial charge >= 0.3 is 0 Å². The molecule has 0 N–H and O–H groups in total. The summed E-state index contributed by atoms with van der Waals surface area (Å²) in [4.78, 5) is 12.2. The smallest absolute Gasteiger partial charge is 0.265 e. The Morgan fingerprint density at radius 2 is 1.64 bits per heavy atom. The number of ether oxygens (including phenoxy) is 1. The molecule has 1 heterocycles. The van der Waals surface area contributed by atoms with Crippen molar-refractivity contribution in [3.8, 4) is 17.6 Å². The van der Waals surface area contributed by atoms with Crippen LogP contribution in [-0.2, 0) is 17.1 Å². The third-order valence-corrected chi connectivity index (χ3v) is 7.48. The highest BCUT2D eigenvalue weighted by Gasteiger charge is 2.24. The fourth-order valence-electron chi connectivity index (χ4n) is 3.78. The van der Waals surface area contributed by atoms with E-state index in [9.17, 15) is 13.2 Å². The van der Waals surface area contributed by atoms with Gasteiger partial charge in [0.1, 0.15) is 5.75 Å². The normalized spacial score (nSPS) is 11.2. The summed E-state index contributed by atoms with van der Waals surface area (Å²) < 4.78 is 35.8. The summed E-state index contributed by atoms with van der Waals surface area (Å²) in [7, 11) is -2.20. The maximum atomic E-state index is 13.7. The molecule has 0 radical (unpaired) electrons. The zero-order valence-corrected chi connectivity index (χ0v) is 21.5. The highest BCUT2D eigenvalue weighted by atomic mass is 32.2. The minimum atomic E-state index is -3.89. The van der Waals surface area contributed by atoms with Crippen LogP contribution in [0.25, 0.3) is 10.9 Å². The van der Waals surface area contributed by atoms with Crippen molar-refractivity contribution in [2.75, 3.05) is 10.8 Å². The van der Waals surface area contributed by atoms with E-state index >= 15 is 0 Å². The largest absolute Gasteiger partial charge is 0.491 e. The second-order valence-corrected chi connectivity index (χ2v) is 10.7. The molecule has 0 saturated heterocycles. The lowest BCUT2D eigenvalue weighted by Gasteiger charge is -2.23. The Balaban J connectivity index is 1.72. The minimum Gasteiger partial charge on any atom is -0.491 e. The monoisotopic (exact) mass is 500 g/mol. The molecule has 0 unspecified atom stereocenters. The Bertz CT molecular complexity index is 1610. The van der Waals surface area contributed by atoms with Gasteiger partial charge in [-0.3, -0.25) is 9.10 Å². The van der Waals surface area contributed by atoms with Gasteiger partial charge in [0.05, 0.1) is 28.7 Å². The lowest BCUT2D eigenvalue weighted by molar-refractivity contribution is 0.242. The zero-order valence-electron chi connectivity index (χ0n) is 20.7. The third kappa shape index (κ3) is 5.45. The fourth-order valence-corrected chi connectivity index (χ4v) is 5.14. The van der Waals surface area contributed by atoms with Gasteiger partial charge in [0.2, 0.25) is 0 Å². The second-order valence-electron chi connectivity index (χ2n) is 8.79. The fraction of sp³-hybridized carbons (Fsp3) is 0.207. The summed E-state index contributed by atoms with van der Waals surface area (Å²) in [5, 5.41) is 0.757. The van der Waals surface area contributed by atoms with Gasteiger partial charge in [-0.05, 0) is 81.4 Å². The summed E-state index contributed by atoms with van der Waals surface area (Å²) in [6.45, 7) is 5.79. The van der Waals surface area contributed by atoms with Crippen LogP contribution in [-0.4, -0.2) is 25.6 Å². The zero-order chi connectivity index (χ0) is 25.9. The molecular weight excluding hydrogens is 472 g/mol. The number of fused-ring (bicyclic) bond motifs is 1. The molecule has 1 aromatic heterocycles. The average Bonchev–Trinajstić information content (AvgIpc) is 2.85. The van der Waals surface area contributed by atoms with Crippen molar-refractivity contribution < 1.29 is 13.2 Å². The molecule has 0 atom stereocenters. The summed E-state index contributed by atoms with van der Waals surface area (Å²) in [6.07, 6.45) is 0.0758. The van der Waals surface area contributed by atoms with Gasteiger partial charge < -0.3 is 9.30 Å². The van der Waals surface area contributed by atoms with Crippen molar-refractivity contribution >= 4 is 26.6 Å². The van der Waals surface area contributed by atoms with Crippen molar-refractivity contribution in [2.45, 2.75) is 31.8 Å². The van der Waals surface area contributed by atoms with Crippen LogP contribution in [0.4, 0.5) is 5.69 Å². The molecule has 184 valence electrons. The molecule has 0 saturated carbocycles. The number of hydrogen-bond acceptors (Lipinski definition) is 4. The number of anilines is 1. The van der Waals surface area contributed by atoms with E-state index in [0.29, 0.717) is 11.2 Å². The Kier molecular flexibility index (Phi) is 7.18. The van der Waals surface area contributed by atoms with E-state index < -0.39 is 10.0 Å². The molecule has 0 bridgehead atoms. The molecule has 4 aromatic rings. The first kappa shape index (κ1) is 25.1. The molecule has 7 heteroatoms. The van der Waals surface area contributed by atoms with Gasteiger partial charge in [-0.25, -0.2) is 8.42 Å². The molecule has 3 aromatic carbocycles. The Morgan fingerprint density at radius 1 is 0.944 bits per heavy atom. The van der Waals surface area contributed by atoms with Crippen LogP contribution in [0.1, 0.15) is 25.0 Å². The van der Waals surface area contributed by atoms with E-state index in [4.69, 9.17) is 4.74 Å². The number of nitrogens with zero attached hydrogens (tertiary/aromatic N) is 2. The van der Waals surface area contributed by atoms with E-state index in [-0.39, 0.29) is 23.1 Å². The van der Waals surface area contributed by atoms with Crippen LogP contribution in [0.15, 0.2) is 88.6 Å². The van der Waals surface area contributed by atoms with Gasteiger partial charge in [-0.2, -0.15) is 0 Å². The average molecular weight is 501 g/mol. The van der Waals surface area contributed by atoms with Gasteiger partial charge in [0.15, 0.2) is 0 Å². The van der Waals surface area contributed by atoms with E-state index in [2.05, 4.69) is 11.8 Å². The highest BCUT2D eigenvalue weighted by Crippen LogP contribution is 2.27. The van der Waals surface area contributed by atoms with Crippen LogP contribution in [0.5, 0.6) is 5.75 Å². The number of benzene rings is 3. The maximum Gasteiger partial charge on any atom is 0.265 e. The predicted molar refractivity (Wildman–Crippen MR) is 144 cm³/mol. The predicted octanol–water partition coefficient (Wildman–Crippen LogP) is 4.88. The third-order valence-electron chi connectivity index (χ3n) is 5.69. The van der Waals surface area contributed by atoms with Crippen molar-refractivity contribution in [1.82, 2.24) is 4.57 Å². The number of aryl methyl sites for hydroxylation is 2. The first-order valence-corrected chi connectivity index (χ1v) is 13.0. The first-order valence-electron chi connectivity index (χ1n) is 11.6. The number of sulfonamides is 1. The van der Waals surface area contributed by atoms with E-state index in [0.717, 1.165) is 22.3 Å². The highest BCUT2D eigenvalue weighted by molar-refractivity contribution is 7.92. The lowest BCUT2D eigenvalue weighted by Crippen LogP contribution is -2.31. The maximum absolute atomic E-state index is 13.7. The molecule has 0 fully saturated rings. The van der Waals surface area contributed by atoms with Crippen molar-refractivity contribution in [3.63, 3.8) is 0 Å². The molecule has 0 aliphatic heterocycles. The lowest BCUT2D eigenvalue weighted by atomic mass is 10.2. The van der Waals surface area contributed by atoms with Gasteiger partial charge in [-0.1, -0.05) is 29.5 Å². The van der Waals surface area contributed by atoms with E-state index in [1.54, 1.807) is 55.6 Å². The van der Waals surface area contributed by atoms with Crippen molar-refractivity contribution in [3.05, 3.63) is 100 Å². The molecule has 6 nitrogen and oxygen atoms in total. The van der Waals surface area contributed by atoms with Crippen LogP contribution in [0, 0.1) is 18.8 Å². The van der Waals surface area contributed by atoms with E-state index in [1.165, 1.54) is 14.9 Å². The van der Waals surface area contributed by atoms with Gasteiger partial charge in [-0.15, -0.1) is 0 Å². The van der Waals surface area contributed by atoms with Crippen LogP contribution < -0.4 is 14.6 Å². The minimum absolute atomic E-state index is 0.0439. The number of rotatable bonds is 6. The Hall–Kier alpha value is -4.02. The summed E-state index contributed by atoms with van der Waals surface area (Å²) in [6, 6.07) is 22.5.